The Morgan fingerprint density at radius 2 is 1.35 bits per heavy atom. The Balaban J connectivity index is 2.04. The van der Waals surface area contributed by atoms with Gasteiger partial charge in [0.1, 0.15) is 6.61 Å². The van der Waals surface area contributed by atoms with Gasteiger partial charge in [-0.25, -0.2) is 0 Å². The van der Waals surface area contributed by atoms with Crippen LogP contribution in [0.4, 0.5) is 0 Å². The van der Waals surface area contributed by atoms with Gasteiger partial charge in [0, 0.05) is 0 Å². The number of rotatable bonds is 8. The van der Waals surface area contributed by atoms with Gasteiger partial charge in [0.25, 0.3) is 0 Å². The fourth-order valence-corrected chi connectivity index (χ4v) is 2.39. The van der Waals surface area contributed by atoms with Gasteiger partial charge in [-0.2, -0.15) is 0 Å². The number of aliphatic carboxylic acids is 1. The topological polar surface area (TPSA) is 63.6 Å². The van der Waals surface area contributed by atoms with Crippen molar-refractivity contribution in [2.24, 2.45) is 5.92 Å². The number of hydrogen-bond acceptors (Lipinski definition) is 3. The highest BCUT2D eigenvalue weighted by Crippen LogP contribution is 2.16. The van der Waals surface area contributed by atoms with E-state index in [1.165, 1.54) is 0 Å². The molecule has 0 aliphatic carbocycles. The van der Waals surface area contributed by atoms with Crippen molar-refractivity contribution in [3.63, 3.8) is 0 Å². The molecule has 0 saturated carbocycles. The number of carbonyl (C=O) groups is 2. The van der Waals surface area contributed by atoms with Crippen LogP contribution in [0.15, 0.2) is 60.7 Å². The van der Waals surface area contributed by atoms with E-state index in [4.69, 9.17) is 9.84 Å². The lowest BCUT2D eigenvalue weighted by molar-refractivity contribution is -0.150. The van der Waals surface area contributed by atoms with Crippen molar-refractivity contribution in [2.45, 2.75) is 19.3 Å². The maximum absolute atomic E-state index is 12.3. The number of carboxylic acid groups (broad SMARTS) is 1. The second kappa shape index (κ2) is 8.73. The Hall–Kier alpha value is -2.62. The van der Waals surface area contributed by atoms with E-state index in [-0.39, 0.29) is 24.9 Å². The molecule has 0 unspecified atom stereocenters. The number of carbonyl (C=O) groups excluding carboxylic acids is 1. The van der Waals surface area contributed by atoms with E-state index in [1.54, 1.807) is 0 Å². The zero-order chi connectivity index (χ0) is 16.5. The third kappa shape index (κ3) is 5.94. The summed E-state index contributed by atoms with van der Waals surface area (Å²) in [6.45, 7) is -0.0890. The fraction of sp³-hybridized carbons (Fsp3) is 0.263. The van der Waals surface area contributed by atoms with E-state index in [0.717, 1.165) is 11.1 Å². The van der Waals surface area contributed by atoms with Crippen molar-refractivity contribution >= 4 is 11.9 Å². The van der Waals surface area contributed by atoms with Crippen LogP contribution in [0.2, 0.25) is 0 Å². The van der Waals surface area contributed by atoms with E-state index >= 15 is 0 Å². The fourth-order valence-electron chi connectivity index (χ4n) is 2.39. The molecular weight excluding hydrogens is 292 g/mol. The molecule has 0 amide bonds. The minimum Gasteiger partial charge on any atom is -0.481 e. The number of hydrogen-bond donors (Lipinski definition) is 1. The molecule has 0 aromatic heterocycles. The lowest BCUT2D eigenvalue weighted by Gasteiger charge is -2.16. The molecule has 0 bridgehead atoms. The molecular formula is C19H20O4. The van der Waals surface area contributed by atoms with Gasteiger partial charge in [-0.05, 0) is 24.0 Å². The van der Waals surface area contributed by atoms with Crippen molar-refractivity contribution in [2.75, 3.05) is 6.61 Å². The standard InChI is InChI=1S/C19H20O4/c20-18(21)11-12-23-19(22)17(13-15-7-3-1-4-8-15)14-16-9-5-2-6-10-16/h1-10,17H,11-14H2,(H,20,21). The molecule has 0 radical (unpaired) electrons. The van der Waals surface area contributed by atoms with Crippen LogP contribution in [0.5, 0.6) is 0 Å². The van der Waals surface area contributed by atoms with Gasteiger partial charge in [0.15, 0.2) is 0 Å². The minimum absolute atomic E-state index is 0.0890. The van der Waals surface area contributed by atoms with Crippen molar-refractivity contribution in [3.8, 4) is 0 Å². The van der Waals surface area contributed by atoms with E-state index in [2.05, 4.69) is 0 Å². The second-order valence-corrected chi connectivity index (χ2v) is 5.39. The summed E-state index contributed by atoms with van der Waals surface area (Å²) in [5.41, 5.74) is 2.12. The highest BCUT2D eigenvalue weighted by molar-refractivity contribution is 5.74. The van der Waals surface area contributed by atoms with Crippen LogP contribution < -0.4 is 0 Å². The molecule has 0 aliphatic heterocycles. The summed E-state index contributed by atoms with van der Waals surface area (Å²) in [4.78, 5) is 22.9. The molecule has 0 saturated heterocycles. The molecule has 2 aromatic carbocycles. The van der Waals surface area contributed by atoms with Crippen LogP contribution in [-0.2, 0) is 27.2 Å². The lowest BCUT2D eigenvalue weighted by Crippen LogP contribution is -2.23. The summed E-state index contributed by atoms with van der Waals surface area (Å²) in [5, 5.41) is 8.64. The third-order valence-corrected chi connectivity index (χ3v) is 3.54. The van der Waals surface area contributed by atoms with Gasteiger partial charge in [-0.15, -0.1) is 0 Å². The van der Waals surface area contributed by atoms with E-state index in [0.29, 0.717) is 12.8 Å². The van der Waals surface area contributed by atoms with Crippen LogP contribution in [0.3, 0.4) is 0 Å². The van der Waals surface area contributed by atoms with E-state index < -0.39 is 5.97 Å². The first kappa shape index (κ1) is 16.7. The number of ether oxygens (including phenoxy) is 1. The molecule has 0 aliphatic rings. The Morgan fingerprint density at radius 3 is 1.78 bits per heavy atom. The molecule has 4 nitrogen and oxygen atoms in total. The summed E-state index contributed by atoms with van der Waals surface area (Å²) in [5.74, 6) is -1.65. The van der Waals surface area contributed by atoms with Gasteiger partial charge >= 0.3 is 11.9 Å². The largest absolute Gasteiger partial charge is 0.481 e. The lowest BCUT2D eigenvalue weighted by atomic mass is 9.92. The molecule has 0 atom stereocenters. The van der Waals surface area contributed by atoms with Crippen LogP contribution in [0.1, 0.15) is 17.5 Å². The molecule has 23 heavy (non-hydrogen) atoms. The van der Waals surface area contributed by atoms with Gasteiger partial charge in [-0.1, -0.05) is 60.7 Å². The number of carboxylic acids is 1. The minimum atomic E-state index is -0.972. The molecule has 1 N–H and O–H groups in total. The molecule has 0 spiro atoms. The second-order valence-electron chi connectivity index (χ2n) is 5.39. The average Bonchev–Trinajstić information content (AvgIpc) is 2.56. The Morgan fingerprint density at radius 1 is 0.870 bits per heavy atom. The summed E-state index contributed by atoms with van der Waals surface area (Å²) in [7, 11) is 0. The highest BCUT2D eigenvalue weighted by atomic mass is 16.5. The van der Waals surface area contributed by atoms with Crippen LogP contribution in [0.25, 0.3) is 0 Å². The molecule has 2 rings (SSSR count). The summed E-state index contributed by atoms with van der Waals surface area (Å²) < 4.78 is 5.14. The molecule has 2 aromatic rings. The quantitative estimate of drug-likeness (QED) is 0.761. The summed E-state index contributed by atoms with van der Waals surface area (Å²) in [6.07, 6.45) is 0.971. The van der Waals surface area contributed by atoms with Gasteiger partial charge in [0.2, 0.25) is 0 Å². The molecule has 0 fully saturated rings. The predicted octanol–water partition coefficient (Wildman–Crippen LogP) is 3.11. The first-order valence-electron chi connectivity index (χ1n) is 7.61. The normalized spacial score (nSPS) is 10.5. The maximum atomic E-state index is 12.3. The third-order valence-electron chi connectivity index (χ3n) is 3.54. The van der Waals surface area contributed by atoms with Crippen LogP contribution in [-0.4, -0.2) is 23.7 Å². The average molecular weight is 312 g/mol. The Bertz CT molecular complexity index is 581. The van der Waals surface area contributed by atoms with Gasteiger partial charge < -0.3 is 9.84 Å². The maximum Gasteiger partial charge on any atom is 0.309 e. The van der Waals surface area contributed by atoms with Gasteiger partial charge in [-0.3, -0.25) is 9.59 Å². The van der Waals surface area contributed by atoms with Crippen molar-refractivity contribution in [1.29, 1.82) is 0 Å². The van der Waals surface area contributed by atoms with Crippen LogP contribution >= 0.6 is 0 Å². The monoisotopic (exact) mass is 312 g/mol. The summed E-state index contributed by atoms with van der Waals surface area (Å²) >= 11 is 0. The zero-order valence-electron chi connectivity index (χ0n) is 12.9. The highest BCUT2D eigenvalue weighted by Gasteiger charge is 2.21. The number of benzene rings is 2. The van der Waals surface area contributed by atoms with Gasteiger partial charge in [0.05, 0.1) is 12.3 Å². The Kier molecular flexibility index (Phi) is 6.36. The van der Waals surface area contributed by atoms with E-state index in [1.807, 2.05) is 60.7 Å². The SMILES string of the molecule is O=C(O)CCOC(=O)C(Cc1ccccc1)Cc1ccccc1. The first-order valence-corrected chi connectivity index (χ1v) is 7.61. The zero-order valence-corrected chi connectivity index (χ0v) is 12.9. The summed E-state index contributed by atoms with van der Waals surface area (Å²) in [6, 6.07) is 19.5. The Labute approximate surface area is 135 Å². The van der Waals surface area contributed by atoms with E-state index in [9.17, 15) is 9.59 Å². The van der Waals surface area contributed by atoms with Crippen molar-refractivity contribution < 1.29 is 19.4 Å². The first-order chi connectivity index (χ1) is 11.1. The smallest absolute Gasteiger partial charge is 0.309 e. The van der Waals surface area contributed by atoms with Crippen LogP contribution in [0, 0.1) is 5.92 Å². The molecule has 120 valence electrons. The number of esters is 1. The predicted molar refractivity (Wildman–Crippen MR) is 87.0 cm³/mol. The molecule has 0 heterocycles. The van der Waals surface area contributed by atoms with Crippen molar-refractivity contribution in [1.82, 2.24) is 0 Å². The van der Waals surface area contributed by atoms with Crippen molar-refractivity contribution in [3.05, 3.63) is 71.8 Å². The molecule has 4 heteroatoms.